The smallest absolute Gasteiger partial charge is 0.338 e. The molecule has 0 bridgehead atoms. The fourth-order valence-corrected chi connectivity index (χ4v) is 6.36. The molecular formula is C42H46F3N3O2. The van der Waals surface area contributed by atoms with Gasteiger partial charge in [0.2, 0.25) is 11.8 Å². The topological polar surface area (TPSA) is 43.9 Å². The van der Waals surface area contributed by atoms with Gasteiger partial charge in [-0.1, -0.05) is 117 Å². The Morgan fingerprint density at radius 1 is 0.760 bits per heavy atom. The number of unbranched alkanes of at least 4 members (excludes halogenated alkanes) is 2. The molecule has 0 unspecified atom stereocenters. The highest BCUT2D eigenvalue weighted by molar-refractivity contribution is 5.95. The van der Waals surface area contributed by atoms with Crippen molar-refractivity contribution in [2.45, 2.75) is 64.3 Å². The molecule has 1 aliphatic rings. The molecule has 8 heteroatoms. The van der Waals surface area contributed by atoms with Gasteiger partial charge in [0.25, 0.3) is 0 Å². The van der Waals surface area contributed by atoms with E-state index < -0.39 is 23.7 Å². The van der Waals surface area contributed by atoms with Crippen molar-refractivity contribution < 1.29 is 22.8 Å². The van der Waals surface area contributed by atoms with Crippen molar-refractivity contribution in [3.05, 3.63) is 149 Å². The minimum atomic E-state index is -4.50. The average molecular weight is 682 g/mol. The van der Waals surface area contributed by atoms with Gasteiger partial charge in [-0.3, -0.25) is 14.5 Å². The molecule has 1 atom stereocenters. The van der Waals surface area contributed by atoms with Gasteiger partial charge in [0.05, 0.1) is 5.56 Å². The van der Waals surface area contributed by atoms with Gasteiger partial charge in [0, 0.05) is 51.8 Å². The van der Waals surface area contributed by atoms with Gasteiger partial charge < -0.3 is 9.80 Å². The van der Waals surface area contributed by atoms with Crippen molar-refractivity contribution in [3.8, 4) is 0 Å². The van der Waals surface area contributed by atoms with E-state index in [0.29, 0.717) is 32.6 Å². The summed E-state index contributed by atoms with van der Waals surface area (Å²) < 4.78 is 40.3. The molecule has 0 saturated carbocycles. The molecule has 5 nitrogen and oxygen atoms in total. The van der Waals surface area contributed by atoms with Crippen LogP contribution in [-0.4, -0.2) is 58.7 Å². The first kappa shape index (κ1) is 36.6. The first-order valence-corrected chi connectivity index (χ1v) is 17.5. The molecule has 1 aliphatic heterocycles. The second-order valence-corrected chi connectivity index (χ2v) is 13.0. The summed E-state index contributed by atoms with van der Waals surface area (Å²) in [5.74, 6) is -0.573. The SMILES string of the molecule is CCCCCc1ccc(CN(C(=O)C=Cc2cccc(C(F)(F)F)c2)[C@@H](Cc2ccccc2)C(=O)N2CCN(Cc3ccccc3)CC2)cc1. The third kappa shape index (κ3) is 10.7. The molecule has 50 heavy (non-hydrogen) atoms. The number of halogens is 3. The van der Waals surface area contributed by atoms with Crippen LogP contribution in [0.25, 0.3) is 6.08 Å². The fraction of sp³-hybridized carbons (Fsp3) is 0.333. The third-order valence-electron chi connectivity index (χ3n) is 9.23. The van der Waals surface area contributed by atoms with Gasteiger partial charge >= 0.3 is 6.18 Å². The summed E-state index contributed by atoms with van der Waals surface area (Å²) in [5, 5.41) is 0. The van der Waals surface area contributed by atoms with Gasteiger partial charge in [-0.25, -0.2) is 0 Å². The van der Waals surface area contributed by atoms with Gasteiger partial charge in [0.1, 0.15) is 6.04 Å². The number of amides is 2. The highest BCUT2D eigenvalue weighted by Crippen LogP contribution is 2.30. The van der Waals surface area contributed by atoms with E-state index in [1.54, 1.807) is 4.90 Å². The van der Waals surface area contributed by atoms with E-state index >= 15 is 0 Å². The maximum atomic E-state index is 14.5. The van der Waals surface area contributed by atoms with E-state index in [1.807, 2.05) is 65.6 Å². The summed E-state index contributed by atoms with van der Waals surface area (Å²) in [4.78, 5) is 34.4. The zero-order chi connectivity index (χ0) is 35.3. The number of alkyl halides is 3. The first-order valence-electron chi connectivity index (χ1n) is 17.5. The van der Waals surface area contributed by atoms with Crippen LogP contribution in [0.4, 0.5) is 13.2 Å². The van der Waals surface area contributed by atoms with Crippen LogP contribution in [0, 0.1) is 0 Å². The quantitative estimate of drug-likeness (QED) is 0.0992. The van der Waals surface area contributed by atoms with Crippen LogP contribution in [0.3, 0.4) is 0 Å². The van der Waals surface area contributed by atoms with E-state index in [1.165, 1.54) is 35.4 Å². The molecule has 2 amide bonds. The number of hydrogen-bond donors (Lipinski definition) is 0. The summed E-state index contributed by atoms with van der Waals surface area (Å²) in [5.41, 5.74) is 3.70. The van der Waals surface area contributed by atoms with Crippen LogP contribution in [0.15, 0.2) is 115 Å². The third-order valence-corrected chi connectivity index (χ3v) is 9.23. The molecule has 1 saturated heterocycles. The Bertz CT molecular complexity index is 1680. The van der Waals surface area contributed by atoms with Gasteiger partial charge in [0.15, 0.2) is 0 Å². The lowest BCUT2D eigenvalue weighted by Gasteiger charge is -2.39. The highest BCUT2D eigenvalue weighted by Gasteiger charge is 2.34. The Hall–Kier alpha value is -4.69. The molecule has 1 heterocycles. The predicted molar refractivity (Wildman–Crippen MR) is 193 cm³/mol. The molecule has 0 aliphatic carbocycles. The predicted octanol–water partition coefficient (Wildman–Crippen LogP) is 8.44. The highest BCUT2D eigenvalue weighted by atomic mass is 19.4. The number of piperazine rings is 1. The number of aryl methyl sites for hydroxylation is 1. The fourth-order valence-electron chi connectivity index (χ4n) is 6.36. The van der Waals surface area contributed by atoms with Crippen molar-refractivity contribution >= 4 is 17.9 Å². The average Bonchev–Trinajstić information content (AvgIpc) is 3.13. The maximum Gasteiger partial charge on any atom is 0.416 e. The Labute approximate surface area is 294 Å². The lowest BCUT2D eigenvalue weighted by Crippen LogP contribution is -2.56. The Balaban J connectivity index is 1.42. The first-order chi connectivity index (χ1) is 24.2. The zero-order valence-electron chi connectivity index (χ0n) is 28.7. The minimum Gasteiger partial charge on any atom is -0.338 e. The molecule has 262 valence electrons. The molecule has 5 rings (SSSR count). The largest absolute Gasteiger partial charge is 0.416 e. The summed E-state index contributed by atoms with van der Waals surface area (Å²) >= 11 is 0. The van der Waals surface area contributed by atoms with Crippen LogP contribution in [-0.2, 0) is 41.7 Å². The molecule has 1 fully saturated rings. The number of carbonyl (C=O) groups excluding carboxylic acids is 2. The van der Waals surface area contributed by atoms with Crippen molar-refractivity contribution in [2.24, 2.45) is 0 Å². The van der Waals surface area contributed by atoms with Gasteiger partial charge in [-0.2, -0.15) is 13.2 Å². The molecule has 0 spiro atoms. The van der Waals surface area contributed by atoms with Crippen LogP contribution in [0.1, 0.15) is 59.6 Å². The van der Waals surface area contributed by atoms with Gasteiger partial charge in [-0.15, -0.1) is 0 Å². The number of hydrogen-bond acceptors (Lipinski definition) is 3. The summed E-state index contributed by atoms with van der Waals surface area (Å²) in [6.07, 6.45) is 2.87. The van der Waals surface area contributed by atoms with Gasteiger partial charge in [-0.05, 0) is 58.9 Å². The summed E-state index contributed by atoms with van der Waals surface area (Å²) in [6, 6.07) is 32.1. The Kier molecular flexibility index (Phi) is 13.0. The van der Waals surface area contributed by atoms with Crippen molar-refractivity contribution in [3.63, 3.8) is 0 Å². The molecule has 0 radical (unpaired) electrons. The standard InChI is InChI=1S/C42H46F3N3O2/c1-2-3-6-12-33-19-21-37(22-20-33)32-48(40(49)24-23-35-17-11-18-38(29-35)42(43,44)45)39(30-34-13-7-4-8-14-34)41(50)47-27-25-46(26-28-47)31-36-15-9-5-10-16-36/h4-5,7-11,13-24,29,39H,2-3,6,12,25-28,30-32H2,1H3/t39-/m0/s1. The van der Waals surface area contributed by atoms with Crippen LogP contribution in [0.2, 0.25) is 0 Å². The van der Waals surface area contributed by atoms with Crippen LogP contribution in [0.5, 0.6) is 0 Å². The Morgan fingerprint density at radius 2 is 1.40 bits per heavy atom. The molecule has 4 aromatic rings. The second-order valence-electron chi connectivity index (χ2n) is 13.0. The van der Waals surface area contributed by atoms with Crippen LogP contribution < -0.4 is 0 Å². The number of benzene rings is 4. The maximum absolute atomic E-state index is 14.5. The second kappa shape index (κ2) is 17.8. The number of carbonyl (C=O) groups is 2. The molecule has 4 aromatic carbocycles. The zero-order valence-corrected chi connectivity index (χ0v) is 28.7. The van der Waals surface area contributed by atoms with E-state index in [-0.39, 0.29) is 18.0 Å². The van der Waals surface area contributed by atoms with Crippen molar-refractivity contribution in [1.82, 2.24) is 14.7 Å². The van der Waals surface area contributed by atoms with Crippen molar-refractivity contribution in [1.29, 1.82) is 0 Å². The summed E-state index contributed by atoms with van der Waals surface area (Å²) in [7, 11) is 0. The Morgan fingerprint density at radius 3 is 2.04 bits per heavy atom. The lowest BCUT2D eigenvalue weighted by atomic mass is 10.0. The van der Waals surface area contributed by atoms with E-state index in [0.717, 1.165) is 55.5 Å². The molecule has 0 aromatic heterocycles. The molecular weight excluding hydrogens is 635 g/mol. The number of rotatable bonds is 14. The van der Waals surface area contributed by atoms with E-state index in [4.69, 9.17) is 0 Å². The van der Waals surface area contributed by atoms with Crippen LogP contribution >= 0.6 is 0 Å². The monoisotopic (exact) mass is 681 g/mol. The lowest BCUT2D eigenvalue weighted by molar-refractivity contribution is -0.145. The van der Waals surface area contributed by atoms with E-state index in [9.17, 15) is 22.8 Å². The van der Waals surface area contributed by atoms with E-state index in [2.05, 4.69) is 36.1 Å². The normalized spacial score (nSPS) is 14.5. The molecule has 0 N–H and O–H groups in total. The minimum absolute atomic E-state index is 0.134. The summed E-state index contributed by atoms with van der Waals surface area (Å²) in [6.45, 7) is 5.64. The van der Waals surface area contributed by atoms with Crippen molar-refractivity contribution in [2.75, 3.05) is 26.2 Å². The number of nitrogens with zero attached hydrogens (tertiary/aromatic N) is 3.